The molecule has 0 aliphatic heterocycles. The Hall–Kier alpha value is -2.10. The number of anilines is 1. The number of hydrogen-bond acceptors (Lipinski definition) is 4. The number of benzene rings is 1. The van der Waals surface area contributed by atoms with Gasteiger partial charge in [0.25, 0.3) is 0 Å². The van der Waals surface area contributed by atoms with Gasteiger partial charge >= 0.3 is 0 Å². The molecule has 0 unspecified atom stereocenters. The molecule has 4 nitrogen and oxygen atoms in total. The number of rotatable bonds is 1. The van der Waals surface area contributed by atoms with Gasteiger partial charge in [-0.2, -0.15) is 5.10 Å². The SMILES string of the molecule is CC.Cc1ccc(-c2nnc(C)c(N)c2C)c(O)c1. The number of aryl methyl sites for hydroxylation is 2. The van der Waals surface area contributed by atoms with Crippen molar-refractivity contribution in [3.63, 3.8) is 0 Å². The van der Waals surface area contributed by atoms with Crippen molar-refractivity contribution in [2.24, 2.45) is 0 Å². The summed E-state index contributed by atoms with van der Waals surface area (Å²) in [6, 6.07) is 5.45. The molecule has 0 aliphatic rings. The maximum atomic E-state index is 9.92. The Kier molecular flexibility index (Phi) is 4.87. The zero-order valence-corrected chi connectivity index (χ0v) is 12.2. The Morgan fingerprint density at radius 1 is 1.05 bits per heavy atom. The van der Waals surface area contributed by atoms with Crippen LogP contribution in [0, 0.1) is 20.8 Å². The average Bonchev–Trinajstić information content (AvgIpc) is 2.40. The lowest BCUT2D eigenvalue weighted by Gasteiger charge is -2.10. The van der Waals surface area contributed by atoms with Gasteiger partial charge in [0, 0.05) is 11.1 Å². The van der Waals surface area contributed by atoms with Crippen LogP contribution < -0.4 is 5.73 Å². The van der Waals surface area contributed by atoms with E-state index < -0.39 is 0 Å². The van der Waals surface area contributed by atoms with Crippen molar-refractivity contribution < 1.29 is 5.11 Å². The smallest absolute Gasteiger partial charge is 0.125 e. The van der Waals surface area contributed by atoms with Crippen molar-refractivity contribution in [1.29, 1.82) is 0 Å². The molecule has 2 rings (SSSR count). The highest BCUT2D eigenvalue weighted by atomic mass is 16.3. The zero-order chi connectivity index (χ0) is 14.6. The van der Waals surface area contributed by atoms with E-state index in [4.69, 9.17) is 5.73 Å². The third-order valence-electron chi connectivity index (χ3n) is 2.86. The first-order valence-electron chi connectivity index (χ1n) is 6.40. The highest BCUT2D eigenvalue weighted by Gasteiger charge is 2.13. The van der Waals surface area contributed by atoms with Gasteiger partial charge < -0.3 is 10.8 Å². The average molecular weight is 259 g/mol. The fourth-order valence-corrected chi connectivity index (χ4v) is 1.75. The summed E-state index contributed by atoms with van der Waals surface area (Å²) in [6.45, 7) is 9.62. The topological polar surface area (TPSA) is 72.0 Å². The number of phenols is 1. The normalized spacial score (nSPS) is 9.74. The molecule has 0 radical (unpaired) electrons. The second kappa shape index (κ2) is 6.18. The van der Waals surface area contributed by atoms with Crippen LogP contribution in [-0.4, -0.2) is 15.3 Å². The van der Waals surface area contributed by atoms with E-state index in [0.717, 1.165) is 11.1 Å². The van der Waals surface area contributed by atoms with Crippen molar-refractivity contribution in [2.75, 3.05) is 5.73 Å². The molecule has 0 spiro atoms. The third-order valence-corrected chi connectivity index (χ3v) is 2.86. The number of aromatic nitrogens is 2. The van der Waals surface area contributed by atoms with Crippen LogP contribution >= 0.6 is 0 Å². The summed E-state index contributed by atoms with van der Waals surface area (Å²) in [4.78, 5) is 0. The van der Waals surface area contributed by atoms with E-state index in [1.54, 1.807) is 6.07 Å². The van der Waals surface area contributed by atoms with Crippen LogP contribution in [-0.2, 0) is 0 Å². The van der Waals surface area contributed by atoms with Gasteiger partial charge in [-0.05, 0) is 38.5 Å². The van der Waals surface area contributed by atoms with Gasteiger partial charge in [-0.1, -0.05) is 19.9 Å². The Balaban J connectivity index is 0.000000861. The number of hydrogen-bond donors (Lipinski definition) is 2. The minimum atomic E-state index is 0.200. The van der Waals surface area contributed by atoms with Crippen LogP contribution in [0.25, 0.3) is 11.3 Å². The van der Waals surface area contributed by atoms with Crippen molar-refractivity contribution in [2.45, 2.75) is 34.6 Å². The van der Waals surface area contributed by atoms with E-state index in [1.807, 2.05) is 46.8 Å². The minimum absolute atomic E-state index is 0.200. The maximum absolute atomic E-state index is 9.92. The molecular weight excluding hydrogens is 238 g/mol. The van der Waals surface area contributed by atoms with Crippen LogP contribution in [0.1, 0.15) is 30.7 Å². The molecule has 1 aromatic carbocycles. The van der Waals surface area contributed by atoms with Crippen molar-refractivity contribution in [3.05, 3.63) is 35.0 Å². The highest BCUT2D eigenvalue weighted by molar-refractivity contribution is 5.73. The van der Waals surface area contributed by atoms with Crippen molar-refractivity contribution in [1.82, 2.24) is 10.2 Å². The first-order valence-corrected chi connectivity index (χ1v) is 6.40. The van der Waals surface area contributed by atoms with E-state index in [0.29, 0.717) is 22.6 Å². The second-order valence-electron chi connectivity index (χ2n) is 4.19. The molecule has 2 aromatic rings. The first kappa shape index (κ1) is 15.0. The Bertz CT molecular complexity index is 580. The number of nitrogens with two attached hydrogens (primary N) is 1. The summed E-state index contributed by atoms with van der Waals surface area (Å²) in [5.74, 6) is 0.200. The summed E-state index contributed by atoms with van der Waals surface area (Å²) < 4.78 is 0. The molecule has 0 amide bonds. The highest BCUT2D eigenvalue weighted by Crippen LogP contribution is 2.32. The van der Waals surface area contributed by atoms with E-state index >= 15 is 0 Å². The fraction of sp³-hybridized carbons (Fsp3) is 0.333. The van der Waals surface area contributed by atoms with E-state index in [2.05, 4.69) is 10.2 Å². The summed E-state index contributed by atoms with van der Waals surface area (Å²) in [5.41, 5.74) is 10.4. The van der Waals surface area contributed by atoms with Crippen LogP contribution in [0.3, 0.4) is 0 Å². The van der Waals surface area contributed by atoms with Crippen LogP contribution in [0.5, 0.6) is 5.75 Å². The molecule has 1 heterocycles. The van der Waals surface area contributed by atoms with Gasteiger partial charge in [-0.25, -0.2) is 0 Å². The standard InChI is InChI=1S/C13H15N3O.C2H6/c1-7-4-5-10(11(17)6-7)13-8(2)12(14)9(3)15-16-13;1-2/h4-6,17H,1-3H3,(H2,14,16);1-2H3. The molecule has 19 heavy (non-hydrogen) atoms. The van der Waals surface area contributed by atoms with Gasteiger partial charge in [0.05, 0.1) is 11.4 Å². The van der Waals surface area contributed by atoms with Gasteiger partial charge in [-0.3, -0.25) is 0 Å². The monoisotopic (exact) mass is 259 g/mol. The van der Waals surface area contributed by atoms with Crippen LogP contribution in [0.2, 0.25) is 0 Å². The van der Waals surface area contributed by atoms with Gasteiger partial charge in [0.2, 0.25) is 0 Å². The first-order chi connectivity index (χ1) is 9.00. The van der Waals surface area contributed by atoms with Crippen LogP contribution in [0.4, 0.5) is 5.69 Å². The molecular formula is C15H21N3O. The van der Waals surface area contributed by atoms with Crippen LogP contribution in [0.15, 0.2) is 18.2 Å². The summed E-state index contributed by atoms with van der Waals surface area (Å²) in [5, 5.41) is 18.0. The lowest BCUT2D eigenvalue weighted by atomic mass is 10.0. The molecule has 1 aromatic heterocycles. The van der Waals surface area contributed by atoms with Crippen molar-refractivity contribution in [3.8, 4) is 17.0 Å². The number of nitrogens with zero attached hydrogens (tertiary/aromatic N) is 2. The van der Waals surface area contributed by atoms with E-state index in [9.17, 15) is 5.11 Å². The van der Waals surface area contributed by atoms with Gasteiger partial charge in [0.1, 0.15) is 11.4 Å². The van der Waals surface area contributed by atoms with Gasteiger partial charge in [0.15, 0.2) is 0 Å². The lowest BCUT2D eigenvalue weighted by molar-refractivity contribution is 0.476. The molecule has 0 atom stereocenters. The Labute approximate surface area is 114 Å². The van der Waals surface area contributed by atoms with E-state index in [1.165, 1.54) is 0 Å². The molecule has 0 fully saturated rings. The molecule has 0 saturated heterocycles. The molecule has 102 valence electrons. The minimum Gasteiger partial charge on any atom is -0.507 e. The second-order valence-corrected chi connectivity index (χ2v) is 4.19. The molecule has 0 bridgehead atoms. The quantitative estimate of drug-likeness (QED) is 0.823. The summed E-state index contributed by atoms with van der Waals surface area (Å²) >= 11 is 0. The maximum Gasteiger partial charge on any atom is 0.125 e. The third kappa shape index (κ3) is 3.02. The largest absolute Gasteiger partial charge is 0.507 e. The molecule has 4 heteroatoms. The van der Waals surface area contributed by atoms with E-state index in [-0.39, 0.29) is 5.75 Å². The Morgan fingerprint density at radius 3 is 2.26 bits per heavy atom. The molecule has 3 N–H and O–H groups in total. The predicted molar refractivity (Wildman–Crippen MR) is 79.1 cm³/mol. The lowest BCUT2D eigenvalue weighted by Crippen LogP contribution is -2.02. The number of nitrogen functional groups attached to an aromatic ring is 1. The Morgan fingerprint density at radius 2 is 1.68 bits per heavy atom. The van der Waals surface area contributed by atoms with Gasteiger partial charge in [-0.15, -0.1) is 5.10 Å². The fourth-order valence-electron chi connectivity index (χ4n) is 1.75. The molecule has 0 aliphatic carbocycles. The predicted octanol–water partition coefficient (Wildman–Crippen LogP) is 3.38. The zero-order valence-electron chi connectivity index (χ0n) is 12.2. The molecule has 0 saturated carbocycles. The summed E-state index contributed by atoms with van der Waals surface area (Å²) in [7, 11) is 0. The van der Waals surface area contributed by atoms with Crippen molar-refractivity contribution >= 4 is 5.69 Å². The number of phenolic OH excluding ortho intramolecular Hbond substituents is 1. The summed E-state index contributed by atoms with van der Waals surface area (Å²) in [6.07, 6.45) is 0. The number of aromatic hydroxyl groups is 1.